The summed E-state index contributed by atoms with van der Waals surface area (Å²) in [4.78, 5) is 20.8. The van der Waals surface area contributed by atoms with E-state index in [4.69, 9.17) is 0 Å². The Hall–Kier alpha value is -1.32. The molecule has 132 valence electrons. The first-order chi connectivity index (χ1) is 11.2. The molecular formula is C16H22O6P2. The molecule has 0 saturated heterocycles. The summed E-state index contributed by atoms with van der Waals surface area (Å²) in [5.41, 5.74) is 0. The van der Waals surface area contributed by atoms with Crippen LogP contribution in [0.4, 0.5) is 0 Å². The summed E-state index contributed by atoms with van der Waals surface area (Å²) < 4.78 is 25.5. The van der Waals surface area contributed by atoms with Crippen LogP contribution in [0.1, 0.15) is 26.7 Å². The third-order valence-electron chi connectivity index (χ3n) is 3.86. The molecule has 2 rings (SSSR count). The van der Waals surface area contributed by atoms with Gasteiger partial charge >= 0.3 is 0 Å². The van der Waals surface area contributed by atoms with Crippen molar-refractivity contribution in [3.8, 4) is 11.5 Å². The molecule has 2 atom stereocenters. The summed E-state index contributed by atoms with van der Waals surface area (Å²) in [6.45, 7) is 3.40. The van der Waals surface area contributed by atoms with Gasteiger partial charge in [0, 0.05) is 23.1 Å². The quantitative estimate of drug-likeness (QED) is 0.458. The van der Waals surface area contributed by atoms with E-state index in [-0.39, 0.29) is 23.1 Å². The SMILES string of the molecule is CCCP(=O)(O)c1c(P(=O)(O)CCC)c(O)c2ccccc2c1O. The number of aromatic hydroxyl groups is 2. The Kier molecular flexibility index (Phi) is 5.46. The van der Waals surface area contributed by atoms with Crippen molar-refractivity contribution in [3.63, 3.8) is 0 Å². The van der Waals surface area contributed by atoms with Crippen LogP contribution >= 0.6 is 14.7 Å². The summed E-state index contributed by atoms with van der Waals surface area (Å²) in [7, 11) is -8.23. The van der Waals surface area contributed by atoms with E-state index in [1.165, 1.54) is 12.1 Å². The molecule has 0 fully saturated rings. The molecule has 0 spiro atoms. The first-order valence-corrected chi connectivity index (χ1v) is 11.5. The summed E-state index contributed by atoms with van der Waals surface area (Å²) in [5.74, 6) is -1.02. The van der Waals surface area contributed by atoms with E-state index in [9.17, 15) is 29.1 Å². The largest absolute Gasteiger partial charge is 0.506 e. The van der Waals surface area contributed by atoms with E-state index in [0.717, 1.165) is 0 Å². The zero-order valence-electron chi connectivity index (χ0n) is 13.6. The summed E-state index contributed by atoms with van der Waals surface area (Å²) in [6, 6.07) is 6.20. The Labute approximate surface area is 140 Å². The molecule has 6 nitrogen and oxygen atoms in total. The van der Waals surface area contributed by atoms with Crippen molar-refractivity contribution >= 4 is 36.1 Å². The third kappa shape index (κ3) is 3.25. The van der Waals surface area contributed by atoms with Gasteiger partial charge in [0.25, 0.3) is 0 Å². The van der Waals surface area contributed by atoms with Gasteiger partial charge in [-0.1, -0.05) is 38.1 Å². The average Bonchev–Trinajstić information content (AvgIpc) is 2.50. The minimum atomic E-state index is -4.11. The zero-order chi connectivity index (χ0) is 18.1. The van der Waals surface area contributed by atoms with Crippen molar-refractivity contribution in [2.24, 2.45) is 0 Å². The molecule has 0 aliphatic carbocycles. The van der Waals surface area contributed by atoms with Crippen molar-refractivity contribution in [3.05, 3.63) is 24.3 Å². The molecule has 0 aromatic heterocycles. The van der Waals surface area contributed by atoms with Gasteiger partial charge in [-0.05, 0) is 12.8 Å². The molecule has 2 aromatic rings. The highest BCUT2D eigenvalue weighted by Crippen LogP contribution is 2.52. The second-order valence-corrected chi connectivity index (χ2v) is 10.4. The zero-order valence-corrected chi connectivity index (χ0v) is 15.4. The van der Waals surface area contributed by atoms with Crippen molar-refractivity contribution < 1.29 is 29.1 Å². The maximum Gasteiger partial charge on any atom is 0.234 e. The van der Waals surface area contributed by atoms with Crippen molar-refractivity contribution in [1.82, 2.24) is 0 Å². The lowest BCUT2D eigenvalue weighted by Crippen LogP contribution is -2.28. The molecule has 0 aliphatic rings. The van der Waals surface area contributed by atoms with Gasteiger partial charge in [0.2, 0.25) is 14.7 Å². The van der Waals surface area contributed by atoms with Crippen LogP contribution in [0, 0.1) is 0 Å². The van der Waals surface area contributed by atoms with Crippen LogP contribution in [0.15, 0.2) is 24.3 Å². The maximum absolute atomic E-state index is 12.8. The van der Waals surface area contributed by atoms with Crippen LogP contribution in [0.5, 0.6) is 11.5 Å². The van der Waals surface area contributed by atoms with E-state index >= 15 is 0 Å². The van der Waals surface area contributed by atoms with Gasteiger partial charge in [-0.3, -0.25) is 9.13 Å². The normalized spacial score (nSPS) is 16.7. The lowest BCUT2D eigenvalue weighted by atomic mass is 10.1. The van der Waals surface area contributed by atoms with Gasteiger partial charge in [0.05, 0.1) is 10.6 Å². The van der Waals surface area contributed by atoms with Crippen LogP contribution in [0.2, 0.25) is 0 Å². The van der Waals surface area contributed by atoms with E-state index in [0.29, 0.717) is 12.8 Å². The third-order valence-corrected chi connectivity index (χ3v) is 8.41. The predicted molar refractivity (Wildman–Crippen MR) is 96.5 cm³/mol. The molecule has 0 aliphatic heterocycles. The van der Waals surface area contributed by atoms with Gasteiger partial charge < -0.3 is 20.0 Å². The van der Waals surface area contributed by atoms with Gasteiger partial charge in [0.1, 0.15) is 11.5 Å². The van der Waals surface area contributed by atoms with Crippen LogP contribution in [0.3, 0.4) is 0 Å². The number of benzene rings is 2. The topological polar surface area (TPSA) is 115 Å². The molecule has 4 N–H and O–H groups in total. The molecule has 24 heavy (non-hydrogen) atoms. The molecule has 0 saturated carbocycles. The Balaban J connectivity index is 3.00. The Morgan fingerprint density at radius 1 is 0.792 bits per heavy atom. The predicted octanol–water partition coefficient (Wildman–Crippen LogP) is 2.86. The van der Waals surface area contributed by atoms with Crippen LogP contribution in [-0.2, 0) is 9.13 Å². The van der Waals surface area contributed by atoms with Crippen molar-refractivity contribution in [2.45, 2.75) is 26.7 Å². The number of phenolic OH excluding ortho intramolecular Hbond substituents is 2. The monoisotopic (exact) mass is 372 g/mol. The van der Waals surface area contributed by atoms with E-state index in [1.54, 1.807) is 26.0 Å². The molecule has 8 heteroatoms. The van der Waals surface area contributed by atoms with Gasteiger partial charge in [-0.15, -0.1) is 0 Å². The minimum absolute atomic E-state index is 0.155. The second kappa shape index (κ2) is 6.89. The highest BCUT2D eigenvalue weighted by atomic mass is 31.2. The molecular weight excluding hydrogens is 350 g/mol. The molecule has 2 unspecified atom stereocenters. The number of phenols is 2. The highest BCUT2D eigenvalue weighted by molar-refractivity contribution is 7.72. The molecule has 0 radical (unpaired) electrons. The summed E-state index contributed by atoms with van der Waals surface area (Å²) in [6.07, 6.45) is 0.391. The number of hydrogen-bond donors (Lipinski definition) is 4. The fourth-order valence-corrected chi connectivity index (χ4v) is 7.24. The maximum atomic E-state index is 12.8. The molecule has 2 aromatic carbocycles. The standard InChI is InChI=1S/C16H22O6P2/c1-3-9-23(19,20)15-13(17)11-7-5-6-8-12(11)14(18)16(15)24(21,22)10-4-2/h5-8,17-18H,3-4,9-10H2,1-2H3,(H,19,20)(H,21,22). The Morgan fingerprint density at radius 3 is 1.42 bits per heavy atom. The van der Waals surface area contributed by atoms with Gasteiger partial charge in [0.15, 0.2) is 0 Å². The number of rotatable bonds is 6. The average molecular weight is 372 g/mol. The summed E-state index contributed by atoms with van der Waals surface area (Å²) >= 11 is 0. The van der Waals surface area contributed by atoms with Crippen molar-refractivity contribution in [1.29, 1.82) is 0 Å². The van der Waals surface area contributed by atoms with Crippen LogP contribution < -0.4 is 10.6 Å². The van der Waals surface area contributed by atoms with E-state index in [1.807, 2.05) is 0 Å². The van der Waals surface area contributed by atoms with Crippen LogP contribution in [0.25, 0.3) is 10.8 Å². The smallest absolute Gasteiger partial charge is 0.234 e. The second-order valence-electron chi connectivity index (χ2n) is 5.79. The van der Waals surface area contributed by atoms with E-state index < -0.39 is 36.8 Å². The van der Waals surface area contributed by atoms with Gasteiger partial charge in [-0.2, -0.15) is 0 Å². The van der Waals surface area contributed by atoms with Crippen molar-refractivity contribution in [2.75, 3.05) is 12.3 Å². The highest BCUT2D eigenvalue weighted by Gasteiger charge is 2.39. The Morgan fingerprint density at radius 2 is 1.12 bits per heavy atom. The first-order valence-electron chi connectivity index (χ1n) is 7.78. The summed E-state index contributed by atoms with van der Waals surface area (Å²) in [5, 5.41) is 20.5. The Bertz CT molecular complexity index is 791. The molecule has 0 amide bonds. The number of fused-ring (bicyclic) bond motifs is 1. The van der Waals surface area contributed by atoms with Crippen LogP contribution in [-0.4, -0.2) is 32.3 Å². The fraction of sp³-hybridized carbons (Fsp3) is 0.375. The number of hydrogen-bond acceptors (Lipinski definition) is 4. The molecule has 0 bridgehead atoms. The van der Waals surface area contributed by atoms with Gasteiger partial charge in [-0.25, -0.2) is 0 Å². The fourth-order valence-electron chi connectivity index (χ4n) is 2.87. The molecule has 0 heterocycles. The lowest BCUT2D eigenvalue weighted by molar-refractivity contribution is 0.460. The first kappa shape index (κ1) is 19.0. The minimum Gasteiger partial charge on any atom is -0.506 e. The van der Waals surface area contributed by atoms with E-state index in [2.05, 4.69) is 0 Å². The lowest BCUT2D eigenvalue weighted by Gasteiger charge is -2.23.